The van der Waals surface area contributed by atoms with Gasteiger partial charge in [-0.2, -0.15) is 0 Å². The molecule has 0 N–H and O–H groups in total. The van der Waals surface area contributed by atoms with Gasteiger partial charge < -0.3 is 18.9 Å². The molecule has 10 heteroatoms. The van der Waals surface area contributed by atoms with E-state index < -0.39 is 0 Å². The number of ether oxygens (including phenoxy) is 4. The first kappa shape index (κ1) is 38.6. The van der Waals surface area contributed by atoms with Gasteiger partial charge in [-0.3, -0.25) is 19.2 Å². The second kappa shape index (κ2) is 18.7. The predicted octanol–water partition coefficient (Wildman–Crippen LogP) is 10.4. The Morgan fingerprint density at radius 2 is 0.596 bits per heavy atom. The van der Waals surface area contributed by atoms with Gasteiger partial charge in [0, 0.05) is 12.9 Å². The van der Waals surface area contributed by atoms with Gasteiger partial charge >= 0.3 is 23.9 Å². The second-order valence-electron chi connectivity index (χ2n) is 13.3. The summed E-state index contributed by atoms with van der Waals surface area (Å²) in [6, 6.07) is 28.2. The summed E-state index contributed by atoms with van der Waals surface area (Å²) >= 11 is 11.6. The molecule has 0 spiro atoms. The Morgan fingerprint density at radius 1 is 0.404 bits per heavy atom. The van der Waals surface area contributed by atoms with Gasteiger partial charge in [0.15, 0.2) is 0 Å². The first-order valence-electron chi connectivity index (χ1n) is 17.5. The van der Waals surface area contributed by atoms with Crippen LogP contribution < -0.4 is 18.9 Å². The molecule has 0 heterocycles. The molecule has 276 valence electrons. The minimum atomic E-state index is -0.267. The summed E-state index contributed by atoms with van der Waals surface area (Å²) in [6.45, 7) is 3.98. The fraction of sp³-hybridized carbons (Fsp3) is 0.333. The van der Waals surface area contributed by atoms with Gasteiger partial charge in [0.1, 0.15) is 23.0 Å². The quantitative estimate of drug-likeness (QED) is 0.130. The molecule has 0 aromatic heterocycles. The maximum atomic E-state index is 12.3. The molecule has 6 rings (SSSR count). The van der Waals surface area contributed by atoms with Crippen LogP contribution in [0.1, 0.15) is 65.3 Å². The van der Waals surface area contributed by atoms with Crippen molar-refractivity contribution in [3.63, 3.8) is 0 Å². The normalized spacial score (nSPS) is 19.6. The number of hydrogen-bond acceptors (Lipinski definition) is 8. The summed E-state index contributed by atoms with van der Waals surface area (Å²) in [6.07, 6.45) is 5.02. The Kier molecular flexibility index (Phi) is 13.9. The summed E-state index contributed by atoms with van der Waals surface area (Å²) in [5.74, 6) is 0.428. The first-order valence-corrected chi connectivity index (χ1v) is 18.3. The Hall–Kier alpha value is -4.66. The van der Waals surface area contributed by atoms with Crippen molar-refractivity contribution in [2.75, 3.05) is 0 Å². The Bertz CT molecular complexity index is 1530. The van der Waals surface area contributed by atoms with E-state index in [1.807, 2.05) is 38.1 Å². The lowest BCUT2D eigenvalue weighted by Crippen LogP contribution is -2.30. The van der Waals surface area contributed by atoms with Gasteiger partial charge in [-0.25, -0.2) is 0 Å². The first-order chi connectivity index (χ1) is 25.0. The number of halogens is 2. The second-order valence-corrected chi connectivity index (χ2v) is 14.2. The summed E-state index contributed by atoms with van der Waals surface area (Å²) in [4.78, 5) is 49.2. The Balaban J connectivity index is 0.000000280. The zero-order chi connectivity index (χ0) is 37.0. The molecule has 0 bridgehead atoms. The largest absolute Gasteiger partial charge is 0.426 e. The molecule has 8 nitrogen and oxygen atoms in total. The van der Waals surface area contributed by atoms with Gasteiger partial charge in [-0.1, -0.05) is 58.6 Å². The van der Waals surface area contributed by atoms with E-state index in [1.165, 1.54) is 0 Å². The smallest absolute Gasteiger partial charge is 0.314 e. The molecule has 0 unspecified atom stereocenters. The molecule has 2 aliphatic rings. The van der Waals surface area contributed by atoms with Gasteiger partial charge in [0.25, 0.3) is 0 Å². The molecule has 0 saturated heterocycles. The van der Waals surface area contributed by atoms with Crippen LogP contribution in [0.2, 0.25) is 10.0 Å². The van der Waals surface area contributed by atoms with E-state index in [4.69, 9.17) is 42.1 Å². The topological polar surface area (TPSA) is 105 Å². The molecule has 4 aromatic carbocycles. The van der Waals surface area contributed by atoms with Crippen LogP contribution in [0.25, 0.3) is 0 Å². The minimum Gasteiger partial charge on any atom is -0.426 e. The van der Waals surface area contributed by atoms with Crippen molar-refractivity contribution >= 4 is 47.1 Å². The lowest BCUT2D eigenvalue weighted by molar-refractivity contribution is -0.145. The highest BCUT2D eigenvalue weighted by atomic mass is 35.5. The molecule has 2 fully saturated rings. The number of esters is 4. The monoisotopic (exact) mass is 748 g/mol. The highest BCUT2D eigenvalue weighted by Crippen LogP contribution is 2.33. The summed E-state index contributed by atoms with van der Waals surface area (Å²) < 4.78 is 21.7. The van der Waals surface area contributed by atoms with Crippen molar-refractivity contribution in [2.45, 2.75) is 65.2 Å². The fourth-order valence-electron chi connectivity index (χ4n) is 6.15. The Morgan fingerprint density at radius 3 is 0.808 bits per heavy atom. The van der Waals surface area contributed by atoms with Crippen LogP contribution in [-0.2, 0) is 19.2 Å². The van der Waals surface area contributed by atoms with Crippen molar-refractivity contribution in [3.05, 3.63) is 118 Å². The number of carbonyl (C=O) groups excluding carboxylic acids is 4. The van der Waals surface area contributed by atoms with Gasteiger partial charge in [0.05, 0.1) is 23.7 Å². The van der Waals surface area contributed by atoms with Gasteiger partial charge in [0.2, 0.25) is 0 Å². The van der Waals surface area contributed by atoms with Crippen molar-refractivity contribution in [1.82, 2.24) is 0 Å². The number of carbonyl (C=O) groups is 4. The van der Waals surface area contributed by atoms with E-state index in [1.54, 1.807) is 72.8 Å². The number of benzene rings is 4. The van der Waals surface area contributed by atoms with Crippen molar-refractivity contribution < 1.29 is 41.0 Å². The summed E-state index contributed by atoms with van der Waals surface area (Å²) in [5, 5.41) is 1.18. The maximum absolute atomic E-state index is 12.3. The summed E-state index contributed by atoms with van der Waals surface area (Å²) in [5.41, 5.74) is 2.25. The molecule has 2 saturated carbocycles. The molecule has 4 aromatic rings. The molecule has 52 heavy (non-hydrogen) atoms. The van der Waals surface area contributed by atoms with Crippen molar-refractivity contribution in [3.8, 4) is 23.0 Å². The molecule has 0 amide bonds. The average molecular weight is 750 g/mol. The third-order valence-electron chi connectivity index (χ3n) is 9.33. The fourth-order valence-corrected chi connectivity index (χ4v) is 6.40. The third-order valence-corrected chi connectivity index (χ3v) is 9.83. The van der Waals surface area contributed by atoms with Crippen LogP contribution in [0.4, 0.5) is 0 Å². The SMILES string of the molecule is Cc1ccc(OC(=O)C2CCC(C(=O)Oc3ccc(C)cc3)CC2)cc1.O=C(Oc1ccc(Cl)cc1)C1CCC(C(=O)Oc2ccc(Cl)cc2)CC1.[HH].[HH]. The number of rotatable bonds is 8. The lowest BCUT2D eigenvalue weighted by atomic mass is 9.82. The minimum absolute atomic E-state index is 0. The van der Waals surface area contributed by atoms with Gasteiger partial charge in [-0.05, 0) is 138 Å². The zero-order valence-corrected chi connectivity index (χ0v) is 30.7. The number of hydrogen-bond donors (Lipinski definition) is 0. The van der Waals surface area contributed by atoms with E-state index >= 15 is 0 Å². The van der Waals surface area contributed by atoms with Crippen LogP contribution in [0.5, 0.6) is 23.0 Å². The van der Waals surface area contributed by atoms with Crippen molar-refractivity contribution in [2.24, 2.45) is 23.7 Å². The number of aryl methyl sites for hydroxylation is 2. The summed E-state index contributed by atoms with van der Waals surface area (Å²) in [7, 11) is 0. The molecule has 2 aliphatic carbocycles. The lowest BCUT2D eigenvalue weighted by Gasteiger charge is -2.25. The van der Waals surface area contributed by atoms with Crippen LogP contribution in [0, 0.1) is 37.5 Å². The predicted molar refractivity (Wildman–Crippen MR) is 203 cm³/mol. The van der Waals surface area contributed by atoms with E-state index in [2.05, 4.69) is 0 Å². The van der Waals surface area contributed by atoms with E-state index in [9.17, 15) is 19.2 Å². The van der Waals surface area contributed by atoms with Crippen molar-refractivity contribution in [1.29, 1.82) is 0 Å². The van der Waals surface area contributed by atoms with Crippen LogP contribution in [0.3, 0.4) is 0 Å². The van der Waals surface area contributed by atoms with E-state index in [0.29, 0.717) is 84.4 Å². The van der Waals surface area contributed by atoms with Crippen LogP contribution in [-0.4, -0.2) is 23.9 Å². The maximum Gasteiger partial charge on any atom is 0.314 e. The molecule has 0 atom stereocenters. The van der Waals surface area contributed by atoms with Gasteiger partial charge in [-0.15, -0.1) is 0 Å². The van der Waals surface area contributed by atoms with Crippen LogP contribution >= 0.6 is 23.2 Å². The average Bonchev–Trinajstić information content (AvgIpc) is 3.15. The third kappa shape index (κ3) is 11.7. The molecule has 0 aliphatic heterocycles. The van der Waals surface area contributed by atoms with Crippen LogP contribution in [0.15, 0.2) is 97.1 Å². The highest BCUT2D eigenvalue weighted by molar-refractivity contribution is 6.30. The molecular formula is C42H46Cl2O8. The molecular weight excluding hydrogens is 703 g/mol. The Labute approximate surface area is 317 Å². The standard InChI is InChI=1S/C22H24O4.C20H18Cl2O4.2H2/c1-15-3-11-19(12-4-15)25-21(23)17-7-9-18(10-8-17)22(24)26-20-13-5-16(2)6-14-20;21-15-5-9-17(10-6-15)25-19(23)13-1-2-14(4-3-13)20(24)26-18-11-7-16(22)8-12-18;;/h3-6,11-14,17-18H,7-10H2,1-2H3;5-14H,1-4H2;2*1H. The molecule has 0 radical (unpaired) electrons. The van der Waals surface area contributed by atoms with E-state index in [0.717, 1.165) is 11.1 Å². The van der Waals surface area contributed by atoms with E-state index in [-0.39, 0.29) is 50.4 Å². The highest BCUT2D eigenvalue weighted by Gasteiger charge is 2.33. The zero-order valence-electron chi connectivity index (χ0n) is 29.2.